The molecule has 0 bridgehead atoms. The van der Waals surface area contributed by atoms with Gasteiger partial charge in [-0.3, -0.25) is 14.5 Å². The minimum atomic E-state index is -0.0765. The quantitative estimate of drug-likeness (QED) is 0.354. The fraction of sp³-hybridized carbons (Fsp3) is 0.500. The fourth-order valence-electron chi connectivity index (χ4n) is 3.38. The number of likely N-dealkylation sites (tertiary alicyclic amines) is 1. The molecule has 0 aliphatic carbocycles. The highest BCUT2D eigenvalue weighted by atomic mass is 127. The van der Waals surface area contributed by atoms with Gasteiger partial charge in [0.15, 0.2) is 5.96 Å². The summed E-state index contributed by atoms with van der Waals surface area (Å²) in [6, 6.07) is 5.57. The van der Waals surface area contributed by atoms with Gasteiger partial charge in [0.25, 0.3) is 0 Å². The number of pyridine rings is 1. The van der Waals surface area contributed by atoms with E-state index in [1.165, 1.54) is 5.56 Å². The van der Waals surface area contributed by atoms with Crippen molar-refractivity contribution in [3.05, 3.63) is 41.9 Å². The Bertz CT molecular complexity index is 836. The molecule has 2 aromatic heterocycles. The van der Waals surface area contributed by atoms with Gasteiger partial charge in [-0.05, 0) is 38.0 Å². The van der Waals surface area contributed by atoms with Crippen LogP contribution in [0.15, 0.2) is 35.6 Å². The number of nitrogens with zero attached hydrogens (tertiary/aromatic N) is 5. The molecule has 1 amide bonds. The van der Waals surface area contributed by atoms with E-state index in [1.54, 1.807) is 6.07 Å². The predicted molar refractivity (Wildman–Crippen MR) is 126 cm³/mol. The first-order chi connectivity index (χ1) is 13.5. The van der Waals surface area contributed by atoms with E-state index in [2.05, 4.69) is 43.7 Å². The van der Waals surface area contributed by atoms with E-state index in [0.29, 0.717) is 24.7 Å². The summed E-state index contributed by atoms with van der Waals surface area (Å²) in [7, 11) is 1.94. The Morgan fingerprint density at radius 2 is 2.21 bits per heavy atom. The highest BCUT2D eigenvalue weighted by Crippen LogP contribution is 2.26. The monoisotopic (exact) mass is 511 g/mol. The number of hydrogen-bond donors (Lipinski definition) is 2. The molecule has 158 valence electrons. The number of nitrogens with one attached hydrogen (secondary N) is 2. The number of halogens is 1. The van der Waals surface area contributed by atoms with E-state index in [9.17, 15) is 4.79 Å². The summed E-state index contributed by atoms with van der Waals surface area (Å²) < 4.78 is 1.85. The third kappa shape index (κ3) is 6.69. The standard InChI is InChI=1S/C20H29N7O.HI/c1-4-21-20(27-11-9-16(14-27)17-12-23-26(3)13-17)22-10-8-19(28)25-18-7-5-6-15(2)24-18;/h5-7,12-13,16H,4,8-11,14H2,1-3H3,(H,21,22)(H,24,25,28);1H. The van der Waals surface area contributed by atoms with Crippen molar-refractivity contribution in [1.29, 1.82) is 0 Å². The SMILES string of the molecule is CCNC(=NCCC(=O)Nc1cccc(C)n1)N1CCC(c2cnn(C)c2)C1.I. The van der Waals surface area contributed by atoms with E-state index in [-0.39, 0.29) is 29.9 Å². The normalized spacial score (nSPS) is 16.4. The van der Waals surface area contributed by atoms with Crippen LogP contribution in [0.3, 0.4) is 0 Å². The summed E-state index contributed by atoms with van der Waals surface area (Å²) in [5.41, 5.74) is 2.15. The maximum Gasteiger partial charge on any atom is 0.227 e. The van der Waals surface area contributed by atoms with Gasteiger partial charge in [-0.15, -0.1) is 24.0 Å². The summed E-state index contributed by atoms with van der Waals surface area (Å²) in [6.07, 6.45) is 5.43. The zero-order chi connectivity index (χ0) is 19.9. The van der Waals surface area contributed by atoms with E-state index >= 15 is 0 Å². The topological polar surface area (TPSA) is 87.4 Å². The highest BCUT2D eigenvalue weighted by molar-refractivity contribution is 14.0. The van der Waals surface area contributed by atoms with Gasteiger partial charge in [0.05, 0.1) is 12.7 Å². The van der Waals surface area contributed by atoms with Crippen molar-refractivity contribution in [3.8, 4) is 0 Å². The number of rotatable bonds is 6. The van der Waals surface area contributed by atoms with Crippen molar-refractivity contribution < 1.29 is 4.79 Å². The van der Waals surface area contributed by atoms with Crippen LogP contribution < -0.4 is 10.6 Å². The lowest BCUT2D eigenvalue weighted by Gasteiger charge is -2.21. The first kappa shape index (κ1) is 23.1. The molecule has 1 saturated heterocycles. The number of anilines is 1. The molecular formula is C20H30IN7O. The molecule has 0 radical (unpaired) electrons. The van der Waals surface area contributed by atoms with E-state index < -0.39 is 0 Å². The number of aliphatic imine (C=N–C) groups is 1. The van der Waals surface area contributed by atoms with Crippen LogP contribution in [0.25, 0.3) is 0 Å². The average molecular weight is 511 g/mol. The maximum atomic E-state index is 12.2. The van der Waals surface area contributed by atoms with Crippen LogP contribution in [0.4, 0.5) is 5.82 Å². The lowest BCUT2D eigenvalue weighted by Crippen LogP contribution is -2.40. The smallest absolute Gasteiger partial charge is 0.227 e. The van der Waals surface area contributed by atoms with Crippen LogP contribution in [0.2, 0.25) is 0 Å². The van der Waals surface area contributed by atoms with Gasteiger partial charge in [-0.25, -0.2) is 4.98 Å². The molecule has 9 heteroatoms. The van der Waals surface area contributed by atoms with Gasteiger partial charge >= 0.3 is 0 Å². The molecular weight excluding hydrogens is 481 g/mol. The molecule has 1 unspecified atom stereocenters. The third-order valence-electron chi connectivity index (χ3n) is 4.78. The number of carbonyl (C=O) groups excluding carboxylic acids is 1. The highest BCUT2D eigenvalue weighted by Gasteiger charge is 2.26. The molecule has 1 fully saturated rings. The summed E-state index contributed by atoms with van der Waals surface area (Å²) in [4.78, 5) is 23.4. The minimum absolute atomic E-state index is 0. The molecule has 1 atom stereocenters. The van der Waals surface area contributed by atoms with Crippen LogP contribution in [-0.4, -0.2) is 57.7 Å². The summed E-state index contributed by atoms with van der Waals surface area (Å²) >= 11 is 0. The van der Waals surface area contributed by atoms with Crippen molar-refractivity contribution in [3.63, 3.8) is 0 Å². The van der Waals surface area contributed by atoms with Crippen LogP contribution in [0.5, 0.6) is 0 Å². The summed E-state index contributed by atoms with van der Waals surface area (Å²) in [6.45, 7) is 7.06. The van der Waals surface area contributed by atoms with Crippen molar-refractivity contribution in [2.45, 2.75) is 32.6 Å². The Hall–Kier alpha value is -2.17. The molecule has 0 spiro atoms. The molecule has 3 heterocycles. The molecule has 2 aromatic rings. The van der Waals surface area contributed by atoms with Crippen LogP contribution in [0, 0.1) is 6.92 Å². The maximum absolute atomic E-state index is 12.2. The fourth-order valence-corrected chi connectivity index (χ4v) is 3.38. The van der Waals surface area contributed by atoms with Crippen molar-refractivity contribution in [2.24, 2.45) is 12.0 Å². The van der Waals surface area contributed by atoms with Crippen LogP contribution in [-0.2, 0) is 11.8 Å². The summed E-state index contributed by atoms with van der Waals surface area (Å²) in [5.74, 6) is 1.84. The van der Waals surface area contributed by atoms with Gasteiger partial charge in [-0.1, -0.05) is 6.07 Å². The number of aromatic nitrogens is 3. The number of aryl methyl sites for hydroxylation is 2. The Kier molecular flexibility index (Phi) is 8.87. The second-order valence-electron chi connectivity index (χ2n) is 7.08. The molecule has 1 aliphatic rings. The second-order valence-corrected chi connectivity index (χ2v) is 7.08. The van der Waals surface area contributed by atoms with Crippen molar-refractivity contribution in [1.82, 2.24) is 25.0 Å². The molecule has 29 heavy (non-hydrogen) atoms. The Morgan fingerprint density at radius 1 is 1.38 bits per heavy atom. The van der Waals surface area contributed by atoms with Crippen LogP contribution >= 0.6 is 24.0 Å². The predicted octanol–water partition coefficient (Wildman–Crippen LogP) is 2.53. The first-order valence-corrected chi connectivity index (χ1v) is 9.80. The van der Waals surface area contributed by atoms with Crippen molar-refractivity contribution in [2.75, 3.05) is 31.5 Å². The lowest BCUT2D eigenvalue weighted by atomic mass is 10.0. The van der Waals surface area contributed by atoms with Gasteiger partial charge in [-0.2, -0.15) is 5.10 Å². The number of guanidine groups is 1. The molecule has 0 aromatic carbocycles. The van der Waals surface area contributed by atoms with E-state index in [4.69, 9.17) is 0 Å². The second kappa shape index (κ2) is 11.1. The van der Waals surface area contributed by atoms with Gasteiger partial charge < -0.3 is 15.5 Å². The third-order valence-corrected chi connectivity index (χ3v) is 4.78. The largest absolute Gasteiger partial charge is 0.357 e. The van der Waals surface area contributed by atoms with E-state index in [1.807, 2.05) is 37.0 Å². The molecule has 1 aliphatic heterocycles. The first-order valence-electron chi connectivity index (χ1n) is 9.80. The number of amides is 1. The number of carbonyl (C=O) groups is 1. The molecule has 8 nitrogen and oxygen atoms in total. The van der Waals surface area contributed by atoms with Crippen molar-refractivity contribution >= 4 is 41.7 Å². The molecule has 0 saturated carbocycles. The zero-order valence-electron chi connectivity index (χ0n) is 17.3. The van der Waals surface area contributed by atoms with E-state index in [0.717, 1.165) is 37.7 Å². The molecule has 2 N–H and O–H groups in total. The average Bonchev–Trinajstić information content (AvgIpc) is 3.30. The molecule has 3 rings (SSSR count). The van der Waals surface area contributed by atoms with Crippen LogP contribution in [0.1, 0.15) is 36.9 Å². The lowest BCUT2D eigenvalue weighted by molar-refractivity contribution is -0.116. The van der Waals surface area contributed by atoms with Gasteiger partial charge in [0.1, 0.15) is 5.82 Å². The Labute approximate surface area is 189 Å². The zero-order valence-corrected chi connectivity index (χ0v) is 19.6. The number of hydrogen-bond acceptors (Lipinski definition) is 4. The van der Waals surface area contributed by atoms with Gasteiger partial charge in [0.2, 0.25) is 5.91 Å². The van der Waals surface area contributed by atoms with Gasteiger partial charge in [0, 0.05) is 50.9 Å². The Morgan fingerprint density at radius 3 is 2.90 bits per heavy atom. The summed E-state index contributed by atoms with van der Waals surface area (Å²) in [5, 5.41) is 10.4. The Balaban J connectivity index is 0.00000300. The minimum Gasteiger partial charge on any atom is -0.357 e.